The SMILES string of the molecule is CCCNC(=O)C(Cc1ccccc1)N(Cc1ccc(C)cc1)C(=O)CCN1C(=O)c2ccccc2S1(=O)=O. The molecule has 0 fully saturated rings. The van der Waals surface area contributed by atoms with Crippen molar-refractivity contribution < 1.29 is 22.8 Å². The van der Waals surface area contributed by atoms with E-state index in [1.807, 2.05) is 68.4 Å². The van der Waals surface area contributed by atoms with E-state index in [-0.39, 0.29) is 35.9 Å². The predicted molar refractivity (Wildman–Crippen MR) is 148 cm³/mol. The van der Waals surface area contributed by atoms with Gasteiger partial charge in [0, 0.05) is 32.5 Å². The Morgan fingerprint density at radius 2 is 1.59 bits per heavy atom. The molecule has 204 valence electrons. The first-order valence-corrected chi connectivity index (χ1v) is 14.5. The lowest BCUT2D eigenvalue weighted by atomic mass is 10.0. The Morgan fingerprint density at radius 1 is 0.923 bits per heavy atom. The van der Waals surface area contributed by atoms with Crippen molar-refractivity contribution >= 4 is 27.7 Å². The van der Waals surface area contributed by atoms with Crippen LogP contribution in [0, 0.1) is 6.92 Å². The Morgan fingerprint density at radius 3 is 2.26 bits per heavy atom. The summed E-state index contributed by atoms with van der Waals surface area (Å²) in [4.78, 5) is 41.5. The minimum atomic E-state index is -4.04. The van der Waals surface area contributed by atoms with Gasteiger partial charge in [0.1, 0.15) is 10.9 Å². The van der Waals surface area contributed by atoms with Crippen molar-refractivity contribution in [1.82, 2.24) is 14.5 Å². The maximum absolute atomic E-state index is 13.8. The van der Waals surface area contributed by atoms with Crippen LogP contribution in [0.25, 0.3) is 0 Å². The first-order chi connectivity index (χ1) is 18.7. The molecular formula is C30H33N3O5S. The van der Waals surface area contributed by atoms with Crippen LogP contribution in [-0.4, -0.2) is 54.5 Å². The second kappa shape index (κ2) is 12.3. The molecule has 39 heavy (non-hydrogen) atoms. The molecule has 0 bridgehead atoms. The van der Waals surface area contributed by atoms with Crippen molar-refractivity contribution in [2.45, 2.75) is 50.6 Å². The molecule has 9 heteroatoms. The number of fused-ring (bicyclic) bond motifs is 1. The van der Waals surface area contributed by atoms with E-state index in [2.05, 4.69) is 5.32 Å². The summed E-state index contributed by atoms with van der Waals surface area (Å²) in [5.74, 6) is -1.34. The number of rotatable bonds is 11. The molecule has 8 nitrogen and oxygen atoms in total. The van der Waals surface area contributed by atoms with Gasteiger partial charge in [-0.1, -0.05) is 79.2 Å². The molecule has 0 aromatic heterocycles. The highest BCUT2D eigenvalue weighted by Gasteiger charge is 2.41. The highest BCUT2D eigenvalue weighted by atomic mass is 32.2. The molecule has 1 aliphatic heterocycles. The van der Waals surface area contributed by atoms with Crippen molar-refractivity contribution in [2.24, 2.45) is 0 Å². The van der Waals surface area contributed by atoms with E-state index in [0.717, 1.165) is 27.4 Å². The summed E-state index contributed by atoms with van der Waals surface area (Å²) in [6.07, 6.45) is 0.780. The zero-order valence-electron chi connectivity index (χ0n) is 22.2. The van der Waals surface area contributed by atoms with Gasteiger partial charge in [0.2, 0.25) is 11.8 Å². The number of nitrogens with zero attached hydrogens (tertiary/aromatic N) is 2. The van der Waals surface area contributed by atoms with E-state index < -0.39 is 27.9 Å². The minimum absolute atomic E-state index is 0.0557. The van der Waals surface area contributed by atoms with Crippen LogP contribution in [0.4, 0.5) is 0 Å². The molecule has 0 saturated carbocycles. The number of nitrogens with one attached hydrogen (secondary N) is 1. The van der Waals surface area contributed by atoms with E-state index >= 15 is 0 Å². The lowest BCUT2D eigenvalue weighted by molar-refractivity contribution is -0.141. The second-order valence-corrected chi connectivity index (χ2v) is 11.5. The molecule has 1 unspecified atom stereocenters. The Labute approximate surface area is 229 Å². The summed E-state index contributed by atoms with van der Waals surface area (Å²) in [7, 11) is -4.04. The summed E-state index contributed by atoms with van der Waals surface area (Å²) < 4.78 is 26.8. The highest BCUT2D eigenvalue weighted by Crippen LogP contribution is 2.30. The van der Waals surface area contributed by atoms with Gasteiger partial charge in [0.15, 0.2) is 0 Å². The molecule has 0 saturated heterocycles. The third-order valence-electron chi connectivity index (χ3n) is 6.73. The van der Waals surface area contributed by atoms with Crippen LogP contribution in [-0.2, 0) is 32.6 Å². The van der Waals surface area contributed by atoms with Crippen LogP contribution in [0.3, 0.4) is 0 Å². The standard InChI is InChI=1S/C30H33N3O5S/c1-3-18-31-29(35)26(20-23-9-5-4-6-10-23)32(21-24-15-13-22(2)14-16-24)28(34)17-19-33-30(36)25-11-7-8-12-27(25)39(33,37)38/h4-16,26H,3,17-21H2,1-2H3,(H,31,35). The zero-order valence-corrected chi connectivity index (χ0v) is 23.0. The number of sulfonamides is 1. The van der Waals surface area contributed by atoms with Gasteiger partial charge < -0.3 is 10.2 Å². The molecule has 1 heterocycles. The monoisotopic (exact) mass is 547 g/mol. The highest BCUT2D eigenvalue weighted by molar-refractivity contribution is 7.90. The van der Waals surface area contributed by atoms with Gasteiger partial charge >= 0.3 is 0 Å². The fourth-order valence-electron chi connectivity index (χ4n) is 4.60. The van der Waals surface area contributed by atoms with Crippen molar-refractivity contribution in [3.8, 4) is 0 Å². The van der Waals surface area contributed by atoms with E-state index in [1.54, 1.807) is 12.1 Å². The second-order valence-electron chi connectivity index (χ2n) is 9.63. The molecular weight excluding hydrogens is 514 g/mol. The van der Waals surface area contributed by atoms with E-state index in [4.69, 9.17) is 0 Å². The van der Waals surface area contributed by atoms with E-state index in [1.165, 1.54) is 17.0 Å². The van der Waals surface area contributed by atoms with Gasteiger partial charge in [0.25, 0.3) is 15.9 Å². The Bertz CT molecular complexity index is 1440. The first kappa shape index (κ1) is 28.0. The van der Waals surface area contributed by atoms with Crippen molar-refractivity contribution in [3.63, 3.8) is 0 Å². The smallest absolute Gasteiger partial charge is 0.269 e. The van der Waals surface area contributed by atoms with Gasteiger partial charge in [-0.3, -0.25) is 14.4 Å². The maximum atomic E-state index is 13.8. The van der Waals surface area contributed by atoms with Gasteiger partial charge in [0.05, 0.1) is 5.56 Å². The number of aryl methyl sites for hydroxylation is 1. The fraction of sp³-hybridized carbons (Fsp3) is 0.300. The number of carbonyl (C=O) groups excluding carboxylic acids is 3. The molecule has 1 atom stereocenters. The average Bonchev–Trinajstić information content (AvgIpc) is 3.14. The van der Waals surface area contributed by atoms with Crippen LogP contribution in [0.2, 0.25) is 0 Å². The first-order valence-electron chi connectivity index (χ1n) is 13.0. The van der Waals surface area contributed by atoms with Crippen LogP contribution < -0.4 is 5.32 Å². The summed E-state index contributed by atoms with van der Waals surface area (Å²) in [5.41, 5.74) is 2.90. The molecule has 4 rings (SSSR count). The van der Waals surface area contributed by atoms with Crippen LogP contribution >= 0.6 is 0 Å². The van der Waals surface area contributed by atoms with Crippen molar-refractivity contribution in [1.29, 1.82) is 0 Å². The third-order valence-corrected chi connectivity index (χ3v) is 8.58. The van der Waals surface area contributed by atoms with Gasteiger partial charge in [-0.25, -0.2) is 12.7 Å². The number of benzene rings is 3. The predicted octanol–water partition coefficient (Wildman–Crippen LogP) is 3.70. The van der Waals surface area contributed by atoms with Crippen molar-refractivity contribution in [3.05, 3.63) is 101 Å². The Kier molecular flexibility index (Phi) is 8.81. The van der Waals surface area contributed by atoms with E-state index in [0.29, 0.717) is 13.0 Å². The molecule has 3 aromatic rings. The zero-order chi connectivity index (χ0) is 28.0. The molecule has 0 radical (unpaired) electrons. The molecule has 0 spiro atoms. The summed E-state index contributed by atoms with van der Waals surface area (Å²) >= 11 is 0. The number of hydrogen-bond donors (Lipinski definition) is 1. The topological polar surface area (TPSA) is 104 Å². The van der Waals surface area contributed by atoms with Gasteiger partial charge in [-0.05, 0) is 36.6 Å². The molecule has 3 amide bonds. The quantitative estimate of drug-likeness (QED) is 0.394. The number of hydrogen-bond acceptors (Lipinski definition) is 5. The lowest BCUT2D eigenvalue weighted by Crippen LogP contribution is -2.51. The summed E-state index contributed by atoms with van der Waals surface area (Å²) in [6, 6.07) is 22.3. The third kappa shape index (κ3) is 6.37. The average molecular weight is 548 g/mol. The minimum Gasteiger partial charge on any atom is -0.354 e. The summed E-state index contributed by atoms with van der Waals surface area (Å²) in [6.45, 7) is 4.24. The number of carbonyl (C=O) groups is 3. The largest absolute Gasteiger partial charge is 0.354 e. The van der Waals surface area contributed by atoms with Crippen LogP contribution in [0.1, 0.15) is 46.8 Å². The maximum Gasteiger partial charge on any atom is 0.269 e. The van der Waals surface area contributed by atoms with Gasteiger partial charge in [-0.15, -0.1) is 0 Å². The van der Waals surface area contributed by atoms with Gasteiger partial charge in [-0.2, -0.15) is 0 Å². The summed E-state index contributed by atoms with van der Waals surface area (Å²) in [5, 5.41) is 2.92. The molecule has 0 aliphatic carbocycles. The Balaban J connectivity index is 1.62. The molecule has 3 aromatic carbocycles. The van der Waals surface area contributed by atoms with E-state index in [9.17, 15) is 22.8 Å². The van der Waals surface area contributed by atoms with Crippen LogP contribution in [0.15, 0.2) is 83.8 Å². The molecule has 1 aliphatic rings. The normalized spacial score (nSPS) is 14.5. The van der Waals surface area contributed by atoms with Crippen molar-refractivity contribution in [2.75, 3.05) is 13.1 Å². The lowest BCUT2D eigenvalue weighted by Gasteiger charge is -2.32. The fourth-order valence-corrected chi connectivity index (χ4v) is 6.17. The number of amides is 3. The molecule has 1 N–H and O–H groups in total. The Hall–Kier alpha value is -3.98. The van der Waals surface area contributed by atoms with Crippen LogP contribution in [0.5, 0.6) is 0 Å².